The molecule has 0 aliphatic rings. The Balaban J connectivity index is 3.44. The molecule has 0 spiro atoms. The van der Waals surface area contributed by atoms with E-state index in [1.54, 1.807) is 0 Å². The Labute approximate surface area is 60.0 Å². The van der Waals surface area contributed by atoms with Crippen molar-refractivity contribution in [1.29, 1.82) is 0 Å². The van der Waals surface area contributed by atoms with Gasteiger partial charge in [0.15, 0.2) is 0 Å². The van der Waals surface area contributed by atoms with E-state index in [1.807, 2.05) is 6.92 Å². The van der Waals surface area contributed by atoms with Gasteiger partial charge in [0, 0.05) is 6.21 Å². The molecule has 0 atom stereocenters. The van der Waals surface area contributed by atoms with Gasteiger partial charge in [-0.1, -0.05) is 18.5 Å². The molecule has 0 saturated carbocycles. The number of rotatable bonds is 4. The van der Waals surface area contributed by atoms with Gasteiger partial charge in [0.1, 0.15) is 0 Å². The maximum absolute atomic E-state index is 10.4. The zero-order valence-electron chi connectivity index (χ0n) is 5.86. The Bertz CT molecular complexity index is 153. The summed E-state index contributed by atoms with van der Waals surface area (Å²) in [5.41, 5.74) is 9.63. The highest BCUT2D eigenvalue weighted by molar-refractivity contribution is 7.53. The van der Waals surface area contributed by atoms with E-state index in [0.29, 0.717) is 0 Å². The smallest absolute Gasteiger partial charge is 0.312 e. The monoisotopic (exact) mass is 165 g/mol. The van der Waals surface area contributed by atoms with Gasteiger partial charge in [0.25, 0.3) is 0 Å². The van der Waals surface area contributed by atoms with Crippen LogP contribution in [-0.2, 0) is 9.19 Å². The molecule has 0 aliphatic heterocycles. The van der Waals surface area contributed by atoms with Crippen LogP contribution in [-0.4, -0.2) is 6.21 Å². The molecule has 6 heteroatoms. The number of nitrogens with zero attached hydrogens (tertiary/aromatic N) is 1. The van der Waals surface area contributed by atoms with Crippen LogP contribution in [0.25, 0.3) is 0 Å². The van der Waals surface area contributed by atoms with Crippen molar-refractivity contribution in [3.05, 3.63) is 0 Å². The van der Waals surface area contributed by atoms with Crippen LogP contribution in [0.4, 0.5) is 0 Å². The number of hydrogen-bond donors (Lipinski definition) is 2. The molecule has 0 unspecified atom stereocenters. The maximum Gasteiger partial charge on any atom is 0.405 e. The Morgan fingerprint density at radius 2 is 2.30 bits per heavy atom. The van der Waals surface area contributed by atoms with Crippen molar-refractivity contribution in [3.8, 4) is 0 Å². The van der Waals surface area contributed by atoms with Gasteiger partial charge < -0.3 is 4.62 Å². The van der Waals surface area contributed by atoms with Crippen molar-refractivity contribution in [2.24, 2.45) is 16.2 Å². The average molecular weight is 165 g/mol. The highest BCUT2D eigenvalue weighted by atomic mass is 31.2. The van der Waals surface area contributed by atoms with Crippen molar-refractivity contribution in [2.75, 3.05) is 0 Å². The summed E-state index contributed by atoms with van der Waals surface area (Å²) in [6.07, 6.45) is 3.19. The zero-order valence-corrected chi connectivity index (χ0v) is 6.75. The van der Waals surface area contributed by atoms with Crippen LogP contribution in [0.1, 0.15) is 19.8 Å². The Hall–Kier alpha value is -0.380. The van der Waals surface area contributed by atoms with Crippen LogP contribution >= 0.6 is 7.67 Å². The molecule has 10 heavy (non-hydrogen) atoms. The van der Waals surface area contributed by atoms with Crippen molar-refractivity contribution in [2.45, 2.75) is 19.8 Å². The first-order valence-electron chi connectivity index (χ1n) is 2.94. The zero-order chi connectivity index (χ0) is 8.04. The van der Waals surface area contributed by atoms with E-state index in [0.717, 1.165) is 12.8 Å². The lowest BCUT2D eigenvalue weighted by atomic mass is 10.4. The molecule has 0 saturated heterocycles. The van der Waals surface area contributed by atoms with E-state index in [4.69, 9.17) is 11.0 Å². The minimum atomic E-state index is -3.40. The Morgan fingerprint density at radius 1 is 1.70 bits per heavy atom. The first kappa shape index (κ1) is 9.62. The second kappa shape index (κ2) is 4.44. The summed E-state index contributed by atoms with van der Waals surface area (Å²) in [6, 6.07) is 0. The summed E-state index contributed by atoms with van der Waals surface area (Å²) in [7, 11) is -3.40. The first-order valence-corrected chi connectivity index (χ1v) is 4.70. The van der Waals surface area contributed by atoms with Crippen LogP contribution in [0.3, 0.4) is 0 Å². The maximum atomic E-state index is 10.4. The second-order valence-electron chi connectivity index (χ2n) is 1.80. The molecule has 0 fully saturated rings. The molecule has 5 nitrogen and oxygen atoms in total. The Kier molecular flexibility index (Phi) is 4.27. The molecule has 4 N–H and O–H groups in total. The van der Waals surface area contributed by atoms with E-state index >= 15 is 0 Å². The SMILES string of the molecule is CCCC=NOP(N)(N)=O. The Morgan fingerprint density at radius 3 is 2.70 bits per heavy atom. The van der Waals surface area contributed by atoms with Gasteiger partial charge in [-0.05, 0) is 6.42 Å². The molecule has 0 bridgehead atoms. The second-order valence-corrected chi connectivity index (χ2v) is 3.26. The topological polar surface area (TPSA) is 90.7 Å². The molecule has 60 valence electrons. The highest BCUT2D eigenvalue weighted by Gasteiger charge is 2.06. The quantitative estimate of drug-likeness (QED) is 0.366. The molecule has 0 aromatic carbocycles. The minimum absolute atomic E-state index is 0.764. The fourth-order valence-electron chi connectivity index (χ4n) is 0.289. The summed E-state index contributed by atoms with van der Waals surface area (Å²) in [5, 5.41) is 3.29. The molecular weight excluding hydrogens is 153 g/mol. The predicted molar refractivity (Wildman–Crippen MR) is 40.5 cm³/mol. The third-order valence-corrected chi connectivity index (χ3v) is 1.02. The molecular formula is C4H12N3O2P. The number of unbranched alkanes of at least 4 members (excludes halogenated alkanes) is 1. The number of nitrogens with two attached hydrogens (primary N) is 2. The van der Waals surface area contributed by atoms with Gasteiger partial charge in [-0.3, -0.25) is 0 Å². The van der Waals surface area contributed by atoms with Crippen LogP contribution in [0, 0.1) is 0 Å². The summed E-state index contributed by atoms with van der Waals surface area (Å²) < 4.78 is 14.6. The van der Waals surface area contributed by atoms with E-state index in [9.17, 15) is 4.57 Å². The van der Waals surface area contributed by atoms with Gasteiger partial charge in [-0.2, -0.15) is 0 Å². The van der Waals surface area contributed by atoms with Crippen molar-refractivity contribution in [3.63, 3.8) is 0 Å². The summed E-state index contributed by atoms with van der Waals surface area (Å²) in [5.74, 6) is 0. The van der Waals surface area contributed by atoms with E-state index in [1.165, 1.54) is 6.21 Å². The van der Waals surface area contributed by atoms with Gasteiger partial charge in [0.05, 0.1) is 0 Å². The van der Waals surface area contributed by atoms with E-state index in [-0.39, 0.29) is 0 Å². The fraction of sp³-hybridized carbons (Fsp3) is 0.750. The van der Waals surface area contributed by atoms with Crippen molar-refractivity contribution >= 4 is 13.9 Å². The largest absolute Gasteiger partial charge is 0.405 e. The lowest BCUT2D eigenvalue weighted by Crippen LogP contribution is -2.05. The normalized spacial score (nSPS) is 12.3. The van der Waals surface area contributed by atoms with Crippen LogP contribution in [0.15, 0.2) is 5.16 Å². The van der Waals surface area contributed by atoms with Gasteiger partial charge >= 0.3 is 7.67 Å². The van der Waals surface area contributed by atoms with Gasteiger partial charge in [0.2, 0.25) is 0 Å². The lowest BCUT2D eigenvalue weighted by Gasteiger charge is -1.99. The minimum Gasteiger partial charge on any atom is -0.312 e. The lowest BCUT2D eigenvalue weighted by molar-refractivity contribution is 0.336. The molecule has 0 amide bonds. The average Bonchev–Trinajstić information content (AvgIpc) is 1.78. The van der Waals surface area contributed by atoms with E-state index in [2.05, 4.69) is 9.78 Å². The fourth-order valence-corrected chi connectivity index (χ4v) is 0.503. The van der Waals surface area contributed by atoms with Crippen LogP contribution in [0.2, 0.25) is 0 Å². The molecule has 0 aromatic rings. The number of hydrogen-bond acceptors (Lipinski definition) is 3. The summed E-state index contributed by atoms with van der Waals surface area (Å²) in [6.45, 7) is 1.98. The van der Waals surface area contributed by atoms with Gasteiger partial charge in [-0.25, -0.2) is 15.6 Å². The molecule has 0 aliphatic carbocycles. The molecule has 0 aromatic heterocycles. The van der Waals surface area contributed by atoms with Crippen molar-refractivity contribution < 1.29 is 9.19 Å². The molecule has 0 heterocycles. The van der Waals surface area contributed by atoms with Crippen molar-refractivity contribution in [1.82, 2.24) is 0 Å². The third-order valence-electron chi connectivity index (χ3n) is 0.667. The highest BCUT2D eigenvalue weighted by Crippen LogP contribution is 2.25. The molecule has 0 rings (SSSR count). The first-order chi connectivity index (χ1) is 4.56. The summed E-state index contributed by atoms with van der Waals surface area (Å²) in [4.78, 5) is 0. The number of oxime groups is 1. The summed E-state index contributed by atoms with van der Waals surface area (Å²) >= 11 is 0. The van der Waals surface area contributed by atoms with E-state index < -0.39 is 7.67 Å². The molecule has 0 radical (unpaired) electrons. The third kappa shape index (κ3) is 7.62. The van der Waals surface area contributed by atoms with Gasteiger partial charge in [-0.15, -0.1) is 0 Å². The predicted octanol–water partition coefficient (Wildman–Crippen LogP) is 0.814. The standard InChI is InChI=1S/C4H12N3O2P/c1-2-3-4-7-9-10(5,6)8/h4H,2-3H2,1H3,(H4,5,6,8). The van der Waals surface area contributed by atoms with Crippen LogP contribution in [0.5, 0.6) is 0 Å². The van der Waals surface area contributed by atoms with Crippen LogP contribution < -0.4 is 11.0 Å².